The fraction of sp³-hybridized carbons (Fsp3) is 0.600. The number of nitrogens with zero attached hydrogens (tertiary/aromatic N) is 1. The second-order valence-corrected chi connectivity index (χ2v) is 5.42. The fourth-order valence-corrected chi connectivity index (χ4v) is 2.91. The van der Waals surface area contributed by atoms with E-state index in [0.29, 0.717) is 19.3 Å². The summed E-state index contributed by atoms with van der Waals surface area (Å²) in [5, 5.41) is 2.52. The minimum Gasteiger partial charge on any atom is -0.356 e. The predicted molar refractivity (Wildman–Crippen MR) is 81.2 cm³/mol. The Morgan fingerprint density at radius 1 is 1.45 bits per heavy atom. The summed E-state index contributed by atoms with van der Waals surface area (Å²) in [6, 6.07) is -0.885. The molecule has 20 heavy (non-hydrogen) atoms. The molecule has 1 fully saturated rings. The molecule has 1 rings (SSSR count). The highest BCUT2D eigenvalue weighted by Crippen LogP contribution is 2.33. The lowest BCUT2D eigenvalue weighted by molar-refractivity contribution is -0.140. The van der Waals surface area contributed by atoms with Crippen LogP contribution in [0.15, 0.2) is 25.3 Å². The molecule has 0 aromatic carbocycles. The van der Waals surface area contributed by atoms with Crippen molar-refractivity contribution in [2.75, 3.05) is 0 Å². The number of carbonyl (C=O) groups excluding carboxylic acids is 2. The SMILES string of the molecule is [B]NC(CC=C)C(=O)N1C(CC=C)C(C)C[C@H]1C(C)=O. The Morgan fingerprint density at radius 3 is 2.55 bits per heavy atom. The van der Waals surface area contributed by atoms with Gasteiger partial charge in [-0.1, -0.05) is 19.1 Å². The van der Waals surface area contributed by atoms with Crippen LogP contribution in [0.3, 0.4) is 0 Å². The number of Topliss-reactive ketones (excluding diaryl/α,β-unsaturated/α-hetero) is 1. The van der Waals surface area contributed by atoms with E-state index in [4.69, 9.17) is 7.98 Å². The van der Waals surface area contributed by atoms with Crippen molar-refractivity contribution in [1.82, 2.24) is 10.1 Å². The van der Waals surface area contributed by atoms with Crippen LogP contribution in [0, 0.1) is 5.92 Å². The maximum absolute atomic E-state index is 12.7. The molecule has 108 valence electrons. The minimum atomic E-state index is -0.535. The van der Waals surface area contributed by atoms with E-state index in [1.165, 1.54) is 6.92 Å². The van der Waals surface area contributed by atoms with E-state index < -0.39 is 6.04 Å². The molecule has 1 saturated heterocycles. The zero-order valence-electron chi connectivity index (χ0n) is 12.3. The molecule has 1 aliphatic heterocycles. The molecule has 1 N–H and O–H groups in total. The number of hydrogen-bond donors (Lipinski definition) is 1. The third-order valence-corrected chi connectivity index (χ3v) is 3.98. The first-order valence-electron chi connectivity index (χ1n) is 6.98. The Labute approximate surface area is 122 Å². The van der Waals surface area contributed by atoms with Crippen molar-refractivity contribution in [3.05, 3.63) is 25.3 Å². The number of nitrogens with one attached hydrogen (secondary N) is 1. The smallest absolute Gasteiger partial charge is 0.239 e. The first kappa shape index (κ1) is 16.7. The maximum atomic E-state index is 12.7. The quantitative estimate of drug-likeness (QED) is 0.563. The first-order chi connectivity index (χ1) is 9.47. The Hall–Kier alpha value is -1.36. The molecular weight excluding hydrogens is 251 g/mol. The minimum absolute atomic E-state index is 0.00886. The third kappa shape index (κ3) is 3.39. The van der Waals surface area contributed by atoms with E-state index in [9.17, 15) is 9.59 Å². The van der Waals surface area contributed by atoms with E-state index in [-0.39, 0.29) is 29.7 Å². The molecule has 0 aliphatic carbocycles. The van der Waals surface area contributed by atoms with Gasteiger partial charge in [-0.05, 0) is 32.1 Å². The molecule has 1 heterocycles. The Morgan fingerprint density at radius 2 is 2.10 bits per heavy atom. The topological polar surface area (TPSA) is 49.4 Å². The van der Waals surface area contributed by atoms with Gasteiger partial charge in [-0.25, -0.2) is 0 Å². The summed E-state index contributed by atoms with van der Waals surface area (Å²) in [5.74, 6) is 0.156. The van der Waals surface area contributed by atoms with Gasteiger partial charge in [0, 0.05) is 6.04 Å². The number of amides is 1. The number of likely N-dealkylation sites (tertiary alicyclic amines) is 1. The number of hydrogen-bond acceptors (Lipinski definition) is 3. The lowest BCUT2D eigenvalue weighted by Crippen LogP contribution is -2.52. The second-order valence-electron chi connectivity index (χ2n) is 5.42. The van der Waals surface area contributed by atoms with E-state index in [1.807, 2.05) is 0 Å². The van der Waals surface area contributed by atoms with Gasteiger partial charge < -0.3 is 10.1 Å². The fourth-order valence-electron chi connectivity index (χ4n) is 2.91. The van der Waals surface area contributed by atoms with Crippen LogP contribution in [0.2, 0.25) is 0 Å². The van der Waals surface area contributed by atoms with Crippen LogP contribution >= 0.6 is 0 Å². The number of carbonyl (C=O) groups is 2. The van der Waals surface area contributed by atoms with Crippen molar-refractivity contribution in [3.63, 3.8) is 0 Å². The summed E-state index contributed by atoms with van der Waals surface area (Å²) in [6.07, 6.45) is 5.26. The Balaban J connectivity index is 3.04. The molecule has 0 saturated carbocycles. The molecule has 0 spiro atoms. The van der Waals surface area contributed by atoms with Crippen molar-refractivity contribution in [2.45, 2.75) is 51.2 Å². The average Bonchev–Trinajstić information content (AvgIpc) is 2.73. The van der Waals surface area contributed by atoms with Crippen molar-refractivity contribution in [1.29, 1.82) is 0 Å². The summed E-state index contributed by atoms with van der Waals surface area (Å²) in [7, 11) is 5.45. The molecule has 1 aliphatic rings. The van der Waals surface area contributed by atoms with E-state index in [1.54, 1.807) is 17.1 Å². The van der Waals surface area contributed by atoms with Crippen molar-refractivity contribution in [2.24, 2.45) is 5.92 Å². The Kier molecular flexibility index (Phi) is 6.21. The van der Waals surface area contributed by atoms with Gasteiger partial charge in [-0.2, -0.15) is 0 Å². The molecule has 5 heteroatoms. The molecule has 2 radical (unpaired) electrons. The molecule has 1 amide bonds. The summed E-state index contributed by atoms with van der Waals surface area (Å²) in [6.45, 7) is 11.0. The van der Waals surface area contributed by atoms with Gasteiger partial charge in [0.1, 0.15) is 0 Å². The van der Waals surface area contributed by atoms with Gasteiger partial charge in [0.15, 0.2) is 13.8 Å². The molecule has 4 atom stereocenters. The van der Waals surface area contributed by atoms with Gasteiger partial charge in [0.25, 0.3) is 0 Å². The average molecular weight is 274 g/mol. The third-order valence-electron chi connectivity index (χ3n) is 3.98. The zero-order valence-corrected chi connectivity index (χ0v) is 12.3. The monoisotopic (exact) mass is 274 g/mol. The summed E-state index contributed by atoms with van der Waals surface area (Å²) < 4.78 is 0. The van der Waals surface area contributed by atoms with Gasteiger partial charge >= 0.3 is 0 Å². The van der Waals surface area contributed by atoms with Crippen LogP contribution in [-0.2, 0) is 9.59 Å². The van der Waals surface area contributed by atoms with Crippen LogP contribution < -0.4 is 5.23 Å². The summed E-state index contributed by atoms with van der Waals surface area (Å²) in [5.41, 5.74) is 0. The zero-order chi connectivity index (χ0) is 15.3. The highest BCUT2D eigenvalue weighted by atomic mass is 16.2. The van der Waals surface area contributed by atoms with Crippen LogP contribution in [-0.4, -0.2) is 42.7 Å². The number of rotatable bonds is 7. The highest BCUT2D eigenvalue weighted by molar-refractivity contribution is 6.07. The predicted octanol–water partition coefficient (Wildman–Crippen LogP) is 1.37. The standard InChI is InChI=1S/C15H23BN2O2/c1-5-7-12(17-16)15(20)18-13(8-6-2)10(3)9-14(18)11(4)19/h5-6,10,12-14,17H,1-2,7-9H2,3-4H3/t10?,12?,13?,14-/m0/s1. The Bertz CT molecular complexity index is 397. The molecule has 0 bridgehead atoms. The van der Waals surface area contributed by atoms with E-state index >= 15 is 0 Å². The number of ketones is 1. The van der Waals surface area contributed by atoms with Gasteiger partial charge in [0.05, 0.1) is 12.1 Å². The molecule has 0 aromatic rings. The van der Waals surface area contributed by atoms with Gasteiger partial charge in [-0.15, -0.1) is 13.2 Å². The normalized spacial score (nSPS) is 27.1. The summed E-state index contributed by atoms with van der Waals surface area (Å²) >= 11 is 0. The van der Waals surface area contributed by atoms with Gasteiger partial charge in [-0.3, -0.25) is 9.59 Å². The first-order valence-corrected chi connectivity index (χ1v) is 6.98. The van der Waals surface area contributed by atoms with Gasteiger partial charge in [0.2, 0.25) is 5.91 Å². The van der Waals surface area contributed by atoms with Crippen molar-refractivity contribution in [3.8, 4) is 0 Å². The molecule has 0 aromatic heterocycles. The summed E-state index contributed by atoms with van der Waals surface area (Å²) in [4.78, 5) is 26.2. The molecular formula is C15H23BN2O2. The van der Waals surface area contributed by atoms with Crippen LogP contribution in [0.5, 0.6) is 0 Å². The van der Waals surface area contributed by atoms with Crippen molar-refractivity contribution < 1.29 is 9.59 Å². The van der Waals surface area contributed by atoms with Crippen LogP contribution in [0.1, 0.15) is 33.1 Å². The largest absolute Gasteiger partial charge is 0.356 e. The lowest BCUT2D eigenvalue weighted by Gasteiger charge is -2.33. The van der Waals surface area contributed by atoms with E-state index in [0.717, 1.165) is 0 Å². The molecule has 3 unspecified atom stereocenters. The van der Waals surface area contributed by atoms with E-state index in [2.05, 4.69) is 25.3 Å². The van der Waals surface area contributed by atoms with Crippen LogP contribution in [0.25, 0.3) is 0 Å². The lowest BCUT2D eigenvalue weighted by atomic mass is 9.98. The highest BCUT2D eigenvalue weighted by Gasteiger charge is 2.44. The second kappa shape index (κ2) is 7.43. The van der Waals surface area contributed by atoms with Crippen LogP contribution in [0.4, 0.5) is 0 Å². The molecule has 4 nitrogen and oxygen atoms in total. The van der Waals surface area contributed by atoms with Crippen molar-refractivity contribution >= 4 is 19.7 Å². The maximum Gasteiger partial charge on any atom is 0.239 e.